The number of nitrogens with zero attached hydrogens (tertiary/aromatic N) is 2. The van der Waals surface area contributed by atoms with Crippen molar-refractivity contribution in [3.63, 3.8) is 0 Å². The summed E-state index contributed by atoms with van der Waals surface area (Å²) in [5, 5.41) is 2.08. The van der Waals surface area contributed by atoms with E-state index in [9.17, 15) is 0 Å². The highest BCUT2D eigenvalue weighted by molar-refractivity contribution is 4.68. The molecule has 0 bridgehead atoms. The van der Waals surface area contributed by atoms with Crippen LogP contribution in [0.1, 0.15) is 65.2 Å². The zero-order valence-electron chi connectivity index (χ0n) is 13.2. The molecule has 3 nitrogen and oxygen atoms in total. The Morgan fingerprint density at radius 3 is 2.11 bits per heavy atom. The average molecular weight is 269 g/mol. The molecule has 0 heterocycles. The lowest BCUT2D eigenvalue weighted by molar-refractivity contribution is 0.187. The fourth-order valence-corrected chi connectivity index (χ4v) is 3.26. The molecule has 19 heavy (non-hydrogen) atoms. The summed E-state index contributed by atoms with van der Waals surface area (Å²) < 4.78 is 0. The molecule has 0 spiro atoms. The Kier molecular flexibility index (Phi) is 9.48. The Balaban J connectivity index is 2.09. The van der Waals surface area contributed by atoms with Crippen molar-refractivity contribution in [2.75, 3.05) is 32.7 Å². The van der Waals surface area contributed by atoms with Crippen molar-refractivity contribution < 1.29 is 0 Å². The van der Waals surface area contributed by atoms with Gasteiger partial charge in [-0.3, -0.25) is 5.84 Å². The van der Waals surface area contributed by atoms with Gasteiger partial charge in [0.05, 0.1) is 0 Å². The third-order valence-corrected chi connectivity index (χ3v) is 4.22. The summed E-state index contributed by atoms with van der Waals surface area (Å²) in [6.45, 7) is 10.4. The van der Waals surface area contributed by atoms with Crippen LogP contribution in [0, 0.1) is 5.92 Å². The van der Waals surface area contributed by atoms with E-state index in [0.29, 0.717) is 0 Å². The highest BCUT2D eigenvalue weighted by atomic mass is 15.4. The molecule has 1 aliphatic carbocycles. The lowest BCUT2D eigenvalue weighted by Crippen LogP contribution is -2.38. The molecule has 3 heteroatoms. The van der Waals surface area contributed by atoms with Crippen LogP contribution in [0.4, 0.5) is 0 Å². The van der Waals surface area contributed by atoms with Gasteiger partial charge in [-0.25, -0.2) is 5.01 Å². The van der Waals surface area contributed by atoms with Crippen LogP contribution in [0.5, 0.6) is 0 Å². The van der Waals surface area contributed by atoms with E-state index in [1.807, 2.05) is 0 Å². The van der Waals surface area contributed by atoms with Gasteiger partial charge in [0.2, 0.25) is 0 Å². The molecular weight excluding hydrogens is 234 g/mol. The van der Waals surface area contributed by atoms with E-state index in [1.54, 1.807) is 0 Å². The van der Waals surface area contributed by atoms with Gasteiger partial charge < -0.3 is 4.90 Å². The average Bonchev–Trinajstić information content (AvgIpc) is 2.40. The minimum absolute atomic E-state index is 0.862. The molecule has 0 aromatic heterocycles. The van der Waals surface area contributed by atoms with Gasteiger partial charge in [0, 0.05) is 13.1 Å². The van der Waals surface area contributed by atoms with Crippen LogP contribution >= 0.6 is 0 Å². The Morgan fingerprint density at radius 2 is 1.53 bits per heavy atom. The van der Waals surface area contributed by atoms with Crippen molar-refractivity contribution in [3.05, 3.63) is 0 Å². The third kappa shape index (κ3) is 7.91. The first-order valence-corrected chi connectivity index (χ1v) is 8.48. The Morgan fingerprint density at radius 1 is 0.895 bits per heavy atom. The molecule has 2 N–H and O–H groups in total. The summed E-state index contributed by atoms with van der Waals surface area (Å²) >= 11 is 0. The second kappa shape index (κ2) is 10.6. The van der Waals surface area contributed by atoms with Crippen LogP contribution in [0.2, 0.25) is 0 Å². The number of rotatable bonds is 10. The van der Waals surface area contributed by atoms with Gasteiger partial charge in [0.15, 0.2) is 0 Å². The Bertz CT molecular complexity index is 196. The van der Waals surface area contributed by atoms with Crippen LogP contribution in [0.15, 0.2) is 0 Å². The van der Waals surface area contributed by atoms with Crippen molar-refractivity contribution in [1.29, 1.82) is 0 Å². The fourth-order valence-electron chi connectivity index (χ4n) is 3.26. The van der Waals surface area contributed by atoms with Crippen LogP contribution in [-0.2, 0) is 0 Å². The van der Waals surface area contributed by atoms with Crippen LogP contribution in [0.3, 0.4) is 0 Å². The number of hydrogen-bond donors (Lipinski definition) is 1. The van der Waals surface area contributed by atoms with Crippen molar-refractivity contribution in [1.82, 2.24) is 9.91 Å². The molecular formula is C16H35N3. The van der Waals surface area contributed by atoms with Crippen molar-refractivity contribution in [2.45, 2.75) is 65.2 Å². The van der Waals surface area contributed by atoms with Gasteiger partial charge in [-0.2, -0.15) is 0 Å². The maximum atomic E-state index is 6.15. The lowest BCUT2D eigenvalue weighted by Gasteiger charge is -2.27. The number of nitrogens with two attached hydrogens (primary N) is 1. The predicted octanol–water partition coefficient (Wildman–Crippen LogP) is 3.25. The second-order valence-corrected chi connectivity index (χ2v) is 6.19. The fraction of sp³-hybridized carbons (Fsp3) is 1.00. The van der Waals surface area contributed by atoms with Crippen molar-refractivity contribution >= 4 is 0 Å². The van der Waals surface area contributed by atoms with Gasteiger partial charge in [-0.1, -0.05) is 33.1 Å². The Labute approximate surface area is 120 Å². The van der Waals surface area contributed by atoms with E-state index < -0.39 is 0 Å². The van der Waals surface area contributed by atoms with E-state index in [-0.39, 0.29) is 0 Å². The minimum Gasteiger partial charge on any atom is -0.303 e. The first kappa shape index (κ1) is 16.9. The molecule has 0 radical (unpaired) electrons. The smallest absolute Gasteiger partial charge is 0.0156 e. The monoisotopic (exact) mass is 269 g/mol. The summed E-state index contributed by atoms with van der Waals surface area (Å²) in [5.74, 6) is 7.02. The molecule has 1 aliphatic rings. The first-order chi connectivity index (χ1) is 9.26. The molecule has 1 rings (SSSR count). The van der Waals surface area contributed by atoms with Gasteiger partial charge in [-0.15, -0.1) is 0 Å². The number of hydrazine groups is 1. The SMILES string of the molecule is CCCN(CCC)CCCN(N)CC1CCCCC1. The maximum Gasteiger partial charge on any atom is 0.0156 e. The maximum absolute atomic E-state index is 6.15. The molecule has 0 amide bonds. The molecule has 1 saturated carbocycles. The standard InChI is InChI=1S/C16H35N3/c1-3-11-18(12-4-2)13-8-14-19(17)15-16-9-6-5-7-10-16/h16H,3-15,17H2,1-2H3. The molecule has 0 unspecified atom stereocenters. The summed E-state index contributed by atoms with van der Waals surface area (Å²) in [4.78, 5) is 2.58. The minimum atomic E-state index is 0.862. The largest absolute Gasteiger partial charge is 0.303 e. The summed E-state index contributed by atoms with van der Waals surface area (Å²) in [7, 11) is 0. The normalized spacial score (nSPS) is 17.5. The molecule has 0 aromatic carbocycles. The predicted molar refractivity (Wildman–Crippen MR) is 84.0 cm³/mol. The van der Waals surface area contributed by atoms with E-state index in [2.05, 4.69) is 23.8 Å². The molecule has 114 valence electrons. The van der Waals surface area contributed by atoms with Crippen LogP contribution < -0.4 is 5.84 Å². The van der Waals surface area contributed by atoms with E-state index in [4.69, 9.17) is 5.84 Å². The first-order valence-electron chi connectivity index (χ1n) is 8.48. The summed E-state index contributed by atoms with van der Waals surface area (Å²) in [6.07, 6.45) is 10.8. The van der Waals surface area contributed by atoms with Crippen molar-refractivity contribution in [3.8, 4) is 0 Å². The van der Waals surface area contributed by atoms with Crippen molar-refractivity contribution in [2.24, 2.45) is 11.8 Å². The molecule has 0 aromatic rings. The van der Waals surface area contributed by atoms with Crippen LogP contribution in [-0.4, -0.2) is 42.6 Å². The topological polar surface area (TPSA) is 32.5 Å². The molecule has 0 saturated heterocycles. The molecule has 0 aliphatic heterocycles. The van der Waals surface area contributed by atoms with Gasteiger partial charge in [0.25, 0.3) is 0 Å². The van der Waals surface area contributed by atoms with Gasteiger partial charge in [0.1, 0.15) is 0 Å². The number of hydrogen-bond acceptors (Lipinski definition) is 3. The quantitative estimate of drug-likeness (QED) is 0.488. The van der Waals surface area contributed by atoms with Gasteiger partial charge >= 0.3 is 0 Å². The zero-order chi connectivity index (χ0) is 13.9. The van der Waals surface area contributed by atoms with E-state index in [1.165, 1.54) is 71.0 Å². The third-order valence-electron chi connectivity index (χ3n) is 4.22. The molecule has 0 atom stereocenters. The summed E-state index contributed by atoms with van der Waals surface area (Å²) in [6, 6.07) is 0. The van der Waals surface area contributed by atoms with Gasteiger partial charge in [-0.05, 0) is 57.7 Å². The zero-order valence-corrected chi connectivity index (χ0v) is 13.2. The van der Waals surface area contributed by atoms with Crippen LogP contribution in [0.25, 0.3) is 0 Å². The second-order valence-electron chi connectivity index (χ2n) is 6.19. The van der Waals surface area contributed by atoms with E-state index in [0.717, 1.165) is 19.0 Å². The highest BCUT2D eigenvalue weighted by Crippen LogP contribution is 2.23. The Hall–Kier alpha value is -0.120. The summed E-state index contributed by atoms with van der Waals surface area (Å²) in [5.41, 5.74) is 0. The highest BCUT2D eigenvalue weighted by Gasteiger charge is 2.15. The molecule has 1 fully saturated rings. The van der Waals surface area contributed by atoms with E-state index >= 15 is 0 Å². The lowest BCUT2D eigenvalue weighted by atomic mass is 9.89.